The van der Waals surface area contributed by atoms with Crippen LogP contribution in [0.2, 0.25) is 0 Å². The molecular weight excluding hydrogens is 482 g/mol. The third-order valence-corrected chi connectivity index (χ3v) is 7.26. The van der Waals surface area contributed by atoms with Crippen LogP contribution in [0.25, 0.3) is 0 Å². The molecule has 1 heterocycles. The number of rotatable bonds is 8. The van der Waals surface area contributed by atoms with Gasteiger partial charge in [-0.15, -0.1) is 0 Å². The molecule has 1 aliphatic carbocycles. The minimum atomic E-state index is -3.29. The molecule has 3 rings (SSSR count). The number of amides is 3. The molecule has 1 aromatic carbocycles. The van der Waals surface area contributed by atoms with E-state index in [9.17, 15) is 33.2 Å². The van der Waals surface area contributed by atoms with E-state index in [1.165, 1.54) is 0 Å². The Hall–Kier alpha value is -3.35. The predicted octanol–water partition coefficient (Wildman–Crippen LogP) is 3.32. The summed E-state index contributed by atoms with van der Waals surface area (Å²) in [6.07, 6.45) is -2.74. The second-order valence-corrected chi connectivity index (χ2v) is 11.5. The SMILES string of the molecule is CC(C)C[C@H](NC(=O)[C@@H](NC(=O)C(F)F)C(C)(C)C)C(=O)C1C[C@]2(C[C@H]1C#N)C(=O)Nc1ccccc12. The zero-order valence-electron chi connectivity index (χ0n) is 21.7. The van der Waals surface area contributed by atoms with Crippen molar-refractivity contribution in [2.24, 2.45) is 23.2 Å². The lowest BCUT2D eigenvalue weighted by Crippen LogP contribution is -2.58. The lowest BCUT2D eigenvalue weighted by atomic mass is 9.78. The summed E-state index contributed by atoms with van der Waals surface area (Å²) in [5, 5.41) is 17.5. The maximum atomic E-state index is 13.8. The van der Waals surface area contributed by atoms with Crippen molar-refractivity contribution in [1.29, 1.82) is 5.26 Å². The van der Waals surface area contributed by atoms with Crippen molar-refractivity contribution in [2.75, 3.05) is 5.32 Å². The summed E-state index contributed by atoms with van der Waals surface area (Å²) in [7, 11) is 0. The monoisotopic (exact) mass is 516 g/mol. The molecule has 1 unspecified atom stereocenters. The van der Waals surface area contributed by atoms with Crippen LogP contribution in [0, 0.1) is 34.5 Å². The average Bonchev–Trinajstić information content (AvgIpc) is 3.33. The van der Waals surface area contributed by atoms with Crippen molar-refractivity contribution in [3.63, 3.8) is 0 Å². The molecule has 200 valence electrons. The summed E-state index contributed by atoms with van der Waals surface area (Å²) >= 11 is 0. The van der Waals surface area contributed by atoms with Gasteiger partial charge in [-0.1, -0.05) is 52.8 Å². The molecule has 1 spiro atoms. The van der Waals surface area contributed by atoms with Gasteiger partial charge in [0.25, 0.3) is 5.91 Å². The van der Waals surface area contributed by atoms with Crippen LogP contribution in [0.3, 0.4) is 0 Å². The van der Waals surface area contributed by atoms with Gasteiger partial charge in [0, 0.05) is 11.6 Å². The molecule has 1 aromatic rings. The Kier molecular flexibility index (Phi) is 8.06. The number of fused-ring (bicyclic) bond motifs is 2. The van der Waals surface area contributed by atoms with Crippen molar-refractivity contribution in [3.05, 3.63) is 29.8 Å². The highest BCUT2D eigenvalue weighted by atomic mass is 19.3. The Morgan fingerprint density at radius 3 is 2.35 bits per heavy atom. The van der Waals surface area contributed by atoms with E-state index in [-0.39, 0.29) is 36.9 Å². The molecule has 3 N–H and O–H groups in total. The van der Waals surface area contributed by atoms with Gasteiger partial charge < -0.3 is 16.0 Å². The highest BCUT2D eigenvalue weighted by Gasteiger charge is 2.57. The standard InChI is InChI=1S/C27H34F2N4O4/c1-14(2)10-19(31-23(35)21(26(3,4)5)33-24(36)22(28)29)20(34)16-12-27(11-15(16)13-30)17-8-6-7-9-18(17)32-25(27)37/h6-9,14-16,19,21-22H,10-12H2,1-5H3,(H,31,35)(H,32,37)(H,33,36)/t15-,16?,19-,21+,27-/m0/s1. The summed E-state index contributed by atoms with van der Waals surface area (Å²) in [5.41, 5.74) is -0.518. The molecule has 37 heavy (non-hydrogen) atoms. The number of carbonyl (C=O) groups is 4. The van der Waals surface area contributed by atoms with E-state index in [4.69, 9.17) is 0 Å². The fourth-order valence-electron chi connectivity index (χ4n) is 5.44. The van der Waals surface area contributed by atoms with Crippen LogP contribution in [0.5, 0.6) is 0 Å². The summed E-state index contributed by atoms with van der Waals surface area (Å²) in [5.74, 6) is -4.54. The van der Waals surface area contributed by atoms with Crippen molar-refractivity contribution < 1.29 is 28.0 Å². The molecule has 8 nitrogen and oxygen atoms in total. The number of halogens is 2. The summed E-state index contributed by atoms with van der Waals surface area (Å²) in [4.78, 5) is 51.8. The number of nitriles is 1. The van der Waals surface area contributed by atoms with Crippen molar-refractivity contribution in [3.8, 4) is 6.07 Å². The third-order valence-electron chi connectivity index (χ3n) is 7.26. The van der Waals surface area contributed by atoms with Crippen LogP contribution in [0.4, 0.5) is 14.5 Å². The van der Waals surface area contributed by atoms with Gasteiger partial charge in [0.2, 0.25) is 11.8 Å². The Bertz CT molecular complexity index is 1120. The first-order chi connectivity index (χ1) is 17.2. The lowest BCUT2D eigenvalue weighted by molar-refractivity contribution is -0.139. The average molecular weight is 517 g/mol. The number of hydrogen-bond donors (Lipinski definition) is 3. The van der Waals surface area contributed by atoms with Gasteiger partial charge in [0.15, 0.2) is 5.78 Å². The van der Waals surface area contributed by atoms with Crippen LogP contribution in [0.1, 0.15) is 59.4 Å². The minimum Gasteiger partial charge on any atom is -0.344 e. The van der Waals surface area contributed by atoms with E-state index in [1.807, 2.05) is 19.9 Å². The van der Waals surface area contributed by atoms with Gasteiger partial charge in [-0.3, -0.25) is 19.2 Å². The normalized spacial score (nSPS) is 24.4. The fourth-order valence-corrected chi connectivity index (χ4v) is 5.44. The molecule has 2 aliphatic rings. The summed E-state index contributed by atoms with van der Waals surface area (Å²) < 4.78 is 25.8. The number of alkyl halides is 2. The highest BCUT2D eigenvalue weighted by Crippen LogP contribution is 2.53. The number of carbonyl (C=O) groups excluding carboxylic acids is 4. The largest absolute Gasteiger partial charge is 0.344 e. The van der Waals surface area contributed by atoms with Crippen molar-refractivity contribution >= 4 is 29.2 Å². The Balaban J connectivity index is 1.89. The van der Waals surface area contributed by atoms with Crippen LogP contribution >= 0.6 is 0 Å². The molecule has 5 atom stereocenters. The molecule has 1 aliphatic heterocycles. The number of anilines is 1. The van der Waals surface area contributed by atoms with Gasteiger partial charge in [-0.25, -0.2) is 0 Å². The number of hydrogen-bond acceptors (Lipinski definition) is 5. The Morgan fingerprint density at radius 2 is 1.78 bits per heavy atom. The fraction of sp³-hybridized carbons (Fsp3) is 0.593. The third kappa shape index (κ3) is 5.65. The lowest BCUT2D eigenvalue weighted by Gasteiger charge is -2.32. The number of ketones is 1. The van der Waals surface area contributed by atoms with Gasteiger partial charge in [-0.05, 0) is 42.2 Å². The molecular formula is C27H34F2N4O4. The molecule has 0 saturated heterocycles. The first-order valence-corrected chi connectivity index (χ1v) is 12.4. The first kappa shape index (κ1) is 28.2. The molecule has 1 saturated carbocycles. The highest BCUT2D eigenvalue weighted by molar-refractivity contribution is 6.07. The van der Waals surface area contributed by atoms with E-state index in [2.05, 4.69) is 22.0 Å². The Morgan fingerprint density at radius 1 is 1.14 bits per heavy atom. The maximum absolute atomic E-state index is 13.8. The molecule has 3 amide bonds. The van der Waals surface area contributed by atoms with E-state index >= 15 is 0 Å². The van der Waals surface area contributed by atoms with Crippen LogP contribution < -0.4 is 16.0 Å². The molecule has 0 bridgehead atoms. The molecule has 0 radical (unpaired) electrons. The molecule has 0 aromatic heterocycles. The van der Waals surface area contributed by atoms with Crippen LogP contribution in [-0.2, 0) is 24.6 Å². The van der Waals surface area contributed by atoms with Gasteiger partial charge in [0.05, 0.1) is 23.4 Å². The van der Waals surface area contributed by atoms with Crippen molar-refractivity contribution in [1.82, 2.24) is 10.6 Å². The Labute approximate surface area is 215 Å². The number of nitrogens with one attached hydrogen (secondary N) is 3. The minimum absolute atomic E-state index is 0.0237. The summed E-state index contributed by atoms with van der Waals surface area (Å²) in [6, 6.07) is 7.06. The van der Waals surface area contributed by atoms with E-state index in [0.717, 1.165) is 5.56 Å². The zero-order chi connectivity index (χ0) is 27.7. The predicted molar refractivity (Wildman–Crippen MR) is 132 cm³/mol. The zero-order valence-corrected chi connectivity index (χ0v) is 21.7. The smallest absolute Gasteiger partial charge is 0.315 e. The molecule has 1 fully saturated rings. The van der Waals surface area contributed by atoms with E-state index in [1.54, 1.807) is 39.0 Å². The number of para-hydroxylation sites is 1. The van der Waals surface area contributed by atoms with Gasteiger partial charge >= 0.3 is 6.43 Å². The molecule has 10 heteroatoms. The summed E-state index contributed by atoms with van der Waals surface area (Å²) in [6.45, 7) is 8.58. The van der Waals surface area contributed by atoms with E-state index in [0.29, 0.717) is 5.69 Å². The first-order valence-electron chi connectivity index (χ1n) is 12.4. The van der Waals surface area contributed by atoms with Crippen LogP contribution in [0.15, 0.2) is 24.3 Å². The second-order valence-electron chi connectivity index (χ2n) is 11.5. The maximum Gasteiger partial charge on any atom is 0.315 e. The van der Waals surface area contributed by atoms with Gasteiger partial charge in [0.1, 0.15) is 6.04 Å². The van der Waals surface area contributed by atoms with Crippen molar-refractivity contribution in [2.45, 2.75) is 77.8 Å². The van der Waals surface area contributed by atoms with E-state index < -0.39 is 53.0 Å². The number of Topliss-reactive ketones (excluding diaryl/α,β-unsaturated/α-hetero) is 1. The second kappa shape index (κ2) is 10.6. The van der Waals surface area contributed by atoms with Crippen LogP contribution in [-0.4, -0.2) is 42.0 Å². The van der Waals surface area contributed by atoms with Gasteiger partial charge in [-0.2, -0.15) is 14.0 Å². The number of nitrogens with zero attached hydrogens (tertiary/aromatic N) is 1. The number of benzene rings is 1. The quantitative estimate of drug-likeness (QED) is 0.488. The topological polar surface area (TPSA) is 128 Å².